The first-order valence-corrected chi connectivity index (χ1v) is 3.30. The van der Waals surface area contributed by atoms with Crippen LogP contribution in [-0.2, 0) is 0 Å². The third-order valence-electron chi connectivity index (χ3n) is 1.68. The maximum absolute atomic E-state index is 3.84. The SMILES string of the molecule is [CH2-]CC(C[CH2-])C(C)C.[U+2]. The van der Waals surface area contributed by atoms with Crippen LogP contribution >= 0.6 is 0 Å². The summed E-state index contributed by atoms with van der Waals surface area (Å²) in [5.41, 5.74) is 0. The molecule has 52 valence electrons. The molecule has 0 nitrogen and oxygen atoms in total. The normalized spacial score (nSPS) is 10.0. The van der Waals surface area contributed by atoms with Crippen LogP contribution in [0.15, 0.2) is 0 Å². The Bertz CT molecular complexity index is 46.5. The van der Waals surface area contributed by atoms with Crippen molar-refractivity contribution in [3.8, 4) is 0 Å². The zero-order valence-corrected chi connectivity index (χ0v) is 10.6. The van der Waals surface area contributed by atoms with Crippen LogP contribution in [0.25, 0.3) is 0 Å². The van der Waals surface area contributed by atoms with Gasteiger partial charge >= 0.3 is 31.1 Å². The summed E-state index contributed by atoms with van der Waals surface area (Å²) in [6, 6.07) is 0. The summed E-state index contributed by atoms with van der Waals surface area (Å²) in [6.45, 7) is 12.1. The third-order valence-corrected chi connectivity index (χ3v) is 1.68. The Labute approximate surface area is 83.2 Å². The Kier molecular flexibility index (Phi) is 10.1. The van der Waals surface area contributed by atoms with E-state index < -0.39 is 0 Å². The molecule has 1 heteroatoms. The van der Waals surface area contributed by atoms with Crippen molar-refractivity contribution >= 4 is 0 Å². The standard InChI is InChI=1S/C8H16.U/c1-5-8(6-2)7(3)4;/h7-8H,1-2,5-6H2,3-4H3;/q-2;+2. The van der Waals surface area contributed by atoms with Gasteiger partial charge in [0, 0.05) is 0 Å². The van der Waals surface area contributed by atoms with Gasteiger partial charge in [0.25, 0.3) is 0 Å². The molecule has 0 aromatic heterocycles. The fraction of sp³-hybridized carbons (Fsp3) is 0.750. The van der Waals surface area contributed by atoms with E-state index in [9.17, 15) is 0 Å². The van der Waals surface area contributed by atoms with Crippen LogP contribution in [-0.4, -0.2) is 0 Å². The Morgan fingerprint density at radius 2 is 1.44 bits per heavy atom. The van der Waals surface area contributed by atoms with E-state index in [0.717, 1.165) is 24.7 Å². The van der Waals surface area contributed by atoms with Gasteiger partial charge < -0.3 is 13.8 Å². The van der Waals surface area contributed by atoms with Gasteiger partial charge in [-0.1, -0.05) is 19.8 Å². The van der Waals surface area contributed by atoms with E-state index in [1.54, 1.807) is 0 Å². The molecular formula is C8H16U. The minimum Gasteiger partial charge on any atom is -0.343 e. The molecule has 0 fully saturated rings. The molecule has 0 aliphatic heterocycles. The van der Waals surface area contributed by atoms with Crippen molar-refractivity contribution in [1.29, 1.82) is 0 Å². The first-order valence-electron chi connectivity index (χ1n) is 3.30. The van der Waals surface area contributed by atoms with Crippen LogP contribution in [0.5, 0.6) is 0 Å². The molecule has 0 N–H and O–H groups in total. The van der Waals surface area contributed by atoms with E-state index >= 15 is 0 Å². The number of hydrogen-bond donors (Lipinski definition) is 0. The molecule has 0 aromatic rings. The third kappa shape index (κ3) is 5.49. The Morgan fingerprint density at radius 1 is 1.11 bits per heavy atom. The van der Waals surface area contributed by atoms with E-state index in [-0.39, 0.29) is 31.1 Å². The molecule has 0 aromatic carbocycles. The second-order valence-corrected chi connectivity index (χ2v) is 2.58. The largest absolute Gasteiger partial charge is 2.00 e. The number of rotatable bonds is 3. The molecule has 0 aliphatic carbocycles. The van der Waals surface area contributed by atoms with Gasteiger partial charge in [0.15, 0.2) is 0 Å². The van der Waals surface area contributed by atoms with Crippen molar-refractivity contribution in [3.63, 3.8) is 0 Å². The zero-order valence-electron chi connectivity index (χ0n) is 6.48. The first kappa shape index (κ1) is 12.7. The van der Waals surface area contributed by atoms with E-state index in [0.29, 0.717) is 0 Å². The second kappa shape index (κ2) is 7.16. The second-order valence-electron chi connectivity index (χ2n) is 2.58. The van der Waals surface area contributed by atoms with Crippen molar-refractivity contribution < 1.29 is 31.1 Å². The quantitative estimate of drug-likeness (QED) is 0.687. The molecule has 0 radical (unpaired) electrons. The molecule has 0 atom stereocenters. The summed E-state index contributed by atoms with van der Waals surface area (Å²) in [5, 5.41) is 0. The van der Waals surface area contributed by atoms with E-state index in [1.807, 2.05) is 0 Å². The fourth-order valence-corrected chi connectivity index (χ4v) is 0.811. The van der Waals surface area contributed by atoms with Crippen LogP contribution in [0.2, 0.25) is 0 Å². The van der Waals surface area contributed by atoms with Crippen LogP contribution in [0.1, 0.15) is 26.7 Å². The maximum Gasteiger partial charge on any atom is 2.00 e. The van der Waals surface area contributed by atoms with Gasteiger partial charge in [-0.2, -0.15) is 12.8 Å². The summed E-state index contributed by atoms with van der Waals surface area (Å²) in [5.74, 6) is 1.49. The van der Waals surface area contributed by atoms with Gasteiger partial charge in [0.1, 0.15) is 0 Å². The van der Waals surface area contributed by atoms with Crippen molar-refractivity contribution in [2.45, 2.75) is 26.7 Å². The van der Waals surface area contributed by atoms with Gasteiger partial charge in [0.05, 0.1) is 0 Å². The van der Waals surface area contributed by atoms with Gasteiger partial charge in [-0.05, 0) is 5.92 Å². The average molecular weight is 350 g/mol. The molecule has 0 amide bonds. The fourth-order valence-electron chi connectivity index (χ4n) is 0.811. The minimum absolute atomic E-state index is 0. The van der Waals surface area contributed by atoms with Crippen molar-refractivity contribution in [1.82, 2.24) is 0 Å². The molecule has 0 unspecified atom stereocenters. The first-order chi connectivity index (χ1) is 3.72. The van der Waals surface area contributed by atoms with Gasteiger partial charge in [-0.25, -0.2) is 0 Å². The minimum atomic E-state index is 0. The van der Waals surface area contributed by atoms with Crippen molar-refractivity contribution in [2.75, 3.05) is 0 Å². The summed E-state index contributed by atoms with van der Waals surface area (Å²) < 4.78 is 0. The molecule has 0 aliphatic rings. The summed E-state index contributed by atoms with van der Waals surface area (Å²) >= 11 is 0. The van der Waals surface area contributed by atoms with Crippen LogP contribution in [0.4, 0.5) is 0 Å². The Balaban J connectivity index is 0. The summed E-state index contributed by atoms with van der Waals surface area (Å²) in [4.78, 5) is 0. The predicted molar refractivity (Wildman–Crippen MR) is 38.3 cm³/mol. The zero-order chi connectivity index (χ0) is 6.57. The van der Waals surface area contributed by atoms with Crippen molar-refractivity contribution in [3.05, 3.63) is 13.8 Å². The molecule has 0 saturated heterocycles. The molecule has 9 heavy (non-hydrogen) atoms. The van der Waals surface area contributed by atoms with Gasteiger partial charge in [-0.3, -0.25) is 0 Å². The molecule has 0 heterocycles. The van der Waals surface area contributed by atoms with Gasteiger partial charge in [0.2, 0.25) is 0 Å². The predicted octanol–water partition coefficient (Wildman–Crippen LogP) is 2.71. The topological polar surface area (TPSA) is 0 Å². The van der Waals surface area contributed by atoms with Crippen molar-refractivity contribution in [2.24, 2.45) is 11.8 Å². The van der Waals surface area contributed by atoms with E-state index in [4.69, 9.17) is 0 Å². The average Bonchev–Trinajstić information content (AvgIpc) is 1.69. The Morgan fingerprint density at radius 3 is 1.44 bits per heavy atom. The van der Waals surface area contributed by atoms with Crippen LogP contribution in [0, 0.1) is 56.8 Å². The van der Waals surface area contributed by atoms with Crippen LogP contribution < -0.4 is 0 Å². The monoisotopic (exact) mass is 350 g/mol. The molecule has 0 rings (SSSR count). The molecule has 0 bridgehead atoms. The number of hydrogen-bond acceptors (Lipinski definition) is 0. The summed E-state index contributed by atoms with van der Waals surface area (Å²) in [7, 11) is 0. The van der Waals surface area contributed by atoms with E-state index in [1.165, 1.54) is 0 Å². The smallest absolute Gasteiger partial charge is 0.343 e. The Hall–Kier alpha value is 1.05. The van der Waals surface area contributed by atoms with Crippen LogP contribution in [0.3, 0.4) is 0 Å². The summed E-state index contributed by atoms with van der Waals surface area (Å²) in [6.07, 6.45) is 2.06. The molecule has 0 spiro atoms. The van der Waals surface area contributed by atoms with Gasteiger partial charge in [-0.15, -0.1) is 0 Å². The molecule has 0 saturated carbocycles. The van der Waals surface area contributed by atoms with E-state index in [2.05, 4.69) is 27.7 Å². The molecular weight excluding hydrogens is 334 g/mol. The maximum atomic E-state index is 3.84.